The number of hydrogen-bond acceptors (Lipinski definition) is 2. The Morgan fingerprint density at radius 1 is 1.50 bits per heavy atom. The number of anilines is 1. The van der Waals surface area contributed by atoms with Crippen LogP contribution in [0.4, 0.5) is 5.69 Å². The molecule has 0 saturated heterocycles. The zero-order chi connectivity index (χ0) is 11.5. The van der Waals surface area contributed by atoms with Crippen molar-refractivity contribution in [2.45, 2.75) is 18.9 Å². The first-order valence-electron chi connectivity index (χ1n) is 5.13. The molecule has 1 amide bonds. The van der Waals surface area contributed by atoms with E-state index in [0.717, 1.165) is 23.0 Å². The van der Waals surface area contributed by atoms with Crippen LogP contribution in [0, 0.1) is 0 Å². The lowest BCUT2D eigenvalue weighted by molar-refractivity contribution is -0.119. The molecule has 0 radical (unpaired) electrons. The summed E-state index contributed by atoms with van der Waals surface area (Å²) in [6, 6.07) is 5.89. The van der Waals surface area contributed by atoms with Crippen molar-refractivity contribution in [3.8, 4) is 0 Å². The standard InChI is InChI=1S/C11H12BrClN2O/c12-7-1-4-9(13)10(5-7)14-6-11(16)15-8-2-3-8/h1,4-5,8,14H,2-3,6H2,(H,15,16). The molecular weight excluding hydrogens is 291 g/mol. The third-order valence-electron chi connectivity index (χ3n) is 2.31. The van der Waals surface area contributed by atoms with Crippen LogP contribution in [0.3, 0.4) is 0 Å². The molecular formula is C11H12BrClN2O. The summed E-state index contributed by atoms with van der Waals surface area (Å²) in [5, 5.41) is 6.53. The Kier molecular flexibility index (Phi) is 3.71. The number of nitrogens with one attached hydrogen (secondary N) is 2. The minimum Gasteiger partial charge on any atom is -0.375 e. The smallest absolute Gasteiger partial charge is 0.239 e. The first-order valence-corrected chi connectivity index (χ1v) is 6.30. The van der Waals surface area contributed by atoms with Gasteiger partial charge in [0.05, 0.1) is 17.3 Å². The van der Waals surface area contributed by atoms with Gasteiger partial charge in [0.2, 0.25) is 5.91 Å². The van der Waals surface area contributed by atoms with E-state index in [1.807, 2.05) is 12.1 Å². The summed E-state index contributed by atoms with van der Waals surface area (Å²) in [6.45, 7) is 0.257. The second-order valence-electron chi connectivity index (χ2n) is 3.82. The van der Waals surface area contributed by atoms with Gasteiger partial charge in [-0.25, -0.2) is 0 Å². The van der Waals surface area contributed by atoms with Crippen LogP contribution in [-0.2, 0) is 4.79 Å². The van der Waals surface area contributed by atoms with Gasteiger partial charge in [-0.15, -0.1) is 0 Å². The fraction of sp³-hybridized carbons (Fsp3) is 0.364. The van der Waals surface area contributed by atoms with E-state index in [9.17, 15) is 4.79 Å². The predicted molar refractivity (Wildman–Crippen MR) is 68.8 cm³/mol. The van der Waals surface area contributed by atoms with E-state index in [-0.39, 0.29) is 12.5 Å². The number of carbonyl (C=O) groups excluding carboxylic acids is 1. The van der Waals surface area contributed by atoms with Crippen LogP contribution in [0.25, 0.3) is 0 Å². The fourth-order valence-corrected chi connectivity index (χ4v) is 1.86. The van der Waals surface area contributed by atoms with Crippen molar-refractivity contribution < 1.29 is 4.79 Å². The lowest BCUT2D eigenvalue weighted by Gasteiger charge is -2.08. The maximum Gasteiger partial charge on any atom is 0.239 e. The van der Waals surface area contributed by atoms with Crippen LogP contribution in [0.15, 0.2) is 22.7 Å². The lowest BCUT2D eigenvalue weighted by Crippen LogP contribution is -2.31. The molecule has 1 aliphatic carbocycles. The zero-order valence-electron chi connectivity index (χ0n) is 8.59. The van der Waals surface area contributed by atoms with Crippen LogP contribution < -0.4 is 10.6 Å². The molecule has 0 aromatic heterocycles. The molecule has 2 N–H and O–H groups in total. The summed E-state index contributed by atoms with van der Waals surface area (Å²) in [5.41, 5.74) is 0.766. The monoisotopic (exact) mass is 302 g/mol. The van der Waals surface area contributed by atoms with Gasteiger partial charge in [-0.3, -0.25) is 4.79 Å². The van der Waals surface area contributed by atoms with Crippen molar-refractivity contribution in [1.82, 2.24) is 5.32 Å². The topological polar surface area (TPSA) is 41.1 Å². The molecule has 0 unspecified atom stereocenters. The number of rotatable bonds is 4. The van der Waals surface area contributed by atoms with E-state index in [0.29, 0.717) is 11.1 Å². The largest absolute Gasteiger partial charge is 0.375 e. The van der Waals surface area contributed by atoms with E-state index >= 15 is 0 Å². The second-order valence-corrected chi connectivity index (χ2v) is 5.14. The Balaban J connectivity index is 1.87. The van der Waals surface area contributed by atoms with Crippen molar-refractivity contribution >= 4 is 39.1 Å². The van der Waals surface area contributed by atoms with Gasteiger partial charge in [-0.2, -0.15) is 0 Å². The van der Waals surface area contributed by atoms with Gasteiger partial charge in [0.15, 0.2) is 0 Å². The van der Waals surface area contributed by atoms with Gasteiger partial charge in [0.1, 0.15) is 0 Å². The summed E-state index contributed by atoms with van der Waals surface area (Å²) in [6.07, 6.45) is 2.20. The number of benzene rings is 1. The van der Waals surface area contributed by atoms with Crippen LogP contribution in [0.1, 0.15) is 12.8 Å². The maximum atomic E-state index is 11.4. The van der Waals surface area contributed by atoms with E-state index in [4.69, 9.17) is 11.6 Å². The third kappa shape index (κ3) is 3.39. The minimum atomic E-state index is 0.0125. The average molecular weight is 304 g/mol. The molecule has 1 aromatic carbocycles. The number of carbonyl (C=O) groups is 1. The lowest BCUT2D eigenvalue weighted by atomic mass is 10.3. The van der Waals surface area contributed by atoms with Gasteiger partial charge in [0.25, 0.3) is 0 Å². The molecule has 2 rings (SSSR count). The molecule has 1 aromatic rings. The highest BCUT2D eigenvalue weighted by Gasteiger charge is 2.22. The van der Waals surface area contributed by atoms with Gasteiger partial charge in [0, 0.05) is 10.5 Å². The normalized spacial score (nSPS) is 14.6. The number of halogens is 2. The molecule has 5 heteroatoms. The molecule has 0 heterocycles. The van der Waals surface area contributed by atoms with Crippen LogP contribution in [0.5, 0.6) is 0 Å². The quantitative estimate of drug-likeness (QED) is 0.898. The predicted octanol–water partition coefficient (Wildman–Crippen LogP) is 2.79. The van der Waals surface area contributed by atoms with Crippen LogP contribution in [-0.4, -0.2) is 18.5 Å². The Morgan fingerprint density at radius 3 is 2.94 bits per heavy atom. The zero-order valence-corrected chi connectivity index (χ0v) is 10.9. The van der Waals surface area contributed by atoms with Gasteiger partial charge in [-0.1, -0.05) is 27.5 Å². The summed E-state index contributed by atoms with van der Waals surface area (Å²) in [4.78, 5) is 11.4. The summed E-state index contributed by atoms with van der Waals surface area (Å²) in [5.74, 6) is 0.0125. The highest BCUT2D eigenvalue weighted by molar-refractivity contribution is 9.10. The Morgan fingerprint density at radius 2 is 2.25 bits per heavy atom. The minimum absolute atomic E-state index is 0.0125. The molecule has 86 valence electrons. The van der Waals surface area contributed by atoms with Crippen LogP contribution in [0.2, 0.25) is 5.02 Å². The Labute approximate surface area is 108 Å². The van der Waals surface area contributed by atoms with Crippen LogP contribution >= 0.6 is 27.5 Å². The Hall–Kier alpha value is -0.740. The van der Waals surface area contributed by atoms with Gasteiger partial charge in [-0.05, 0) is 31.0 Å². The van der Waals surface area contributed by atoms with E-state index in [1.54, 1.807) is 6.07 Å². The average Bonchev–Trinajstić information content (AvgIpc) is 3.03. The van der Waals surface area contributed by atoms with Crippen molar-refractivity contribution in [2.24, 2.45) is 0 Å². The molecule has 0 atom stereocenters. The first-order chi connectivity index (χ1) is 7.65. The van der Waals surface area contributed by atoms with Crippen molar-refractivity contribution in [3.05, 3.63) is 27.7 Å². The second kappa shape index (κ2) is 5.06. The van der Waals surface area contributed by atoms with E-state index < -0.39 is 0 Å². The molecule has 1 aliphatic rings. The maximum absolute atomic E-state index is 11.4. The Bertz CT molecular complexity index is 407. The summed E-state index contributed by atoms with van der Waals surface area (Å²) in [7, 11) is 0. The first kappa shape index (κ1) is 11.7. The molecule has 0 aliphatic heterocycles. The third-order valence-corrected chi connectivity index (χ3v) is 3.13. The molecule has 0 bridgehead atoms. The SMILES string of the molecule is O=C(CNc1cc(Br)ccc1Cl)NC1CC1. The molecule has 1 fully saturated rings. The molecule has 16 heavy (non-hydrogen) atoms. The van der Waals surface area contributed by atoms with Gasteiger partial charge >= 0.3 is 0 Å². The van der Waals surface area contributed by atoms with E-state index in [2.05, 4.69) is 26.6 Å². The summed E-state index contributed by atoms with van der Waals surface area (Å²) < 4.78 is 0.932. The molecule has 1 saturated carbocycles. The number of amides is 1. The van der Waals surface area contributed by atoms with E-state index in [1.165, 1.54) is 0 Å². The van der Waals surface area contributed by atoms with Crippen molar-refractivity contribution in [2.75, 3.05) is 11.9 Å². The highest BCUT2D eigenvalue weighted by atomic mass is 79.9. The fourth-order valence-electron chi connectivity index (χ4n) is 1.31. The van der Waals surface area contributed by atoms with Gasteiger partial charge < -0.3 is 10.6 Å². The number of hydrogen-bond donors (Lipinski definition) is 2. The highest BCUT2D eigenvalue weighted by Crippen LogP contribution is 2.25. The molecule has 3 nitrogen and oxygen atoms in total. The van der Waals surface area contributed by atoms with Crippen molar-refractivity contribution in [1.29, 1.82) is 0 Å². The summed E-state index contributed by atoms with van der Waals surface area (Å²) >= 11 is 9.34. The van der Waals surface area contributed by atoms with Crippen molar-refractivity contribution in [3.63, 3.8) is 0 Å². The molecule has 0 spiro atoms.